The van der Waals surface area contributed by atoms with E-state index in [2.05, 4.69) is 18.7 Å². The Labute approximate surface area is 121 Å². The molecule has 0 saturated carbocycles. The van der Waals surface area contributed by atoms with E-state index < -0.39 is 0 Å². The van der Waals surface area contributed by atoms with Crippen LogP contribution in [0.15, 0.2) is 18.2 Å². The van der Waals surface area contributed by atoms with Crippen LogP contribution in [0.5, 0.6) is 5.75 Å². The van der Waals surface area contributed by atoms with Gasteiger partial charge in [0.05, 0.1) is 11.6 Å². The van der Waals surface area contributed by atoms with Crippen molar-refractivity contribution in [2.45, 2.75) is 33.1 Å². The van der Waals surface area contributed by atoms with E-state index in [0.717, 1.165) is 31.2 Å². The van der Waals surface area contributed by atoms with Crippen LogP contribution in [0.2, 0.25) is 5.02 Å². The molecule has 2 rings (SSSR count). The van der Waals surface area contributed by atoms with E-state index in [9.17, 15) is 0 Å². The lowest BCUT2D eigenvalue weighted by atomic mass is 10.0. The summed E-state index contributed by atoms with van der Waals surface area (Å²) in [5.41, 5.74) is 1.18. The Morgan fingerprint density at radius 3 is 3.05 bits per heavy atom. The number of ether oxygens (including phenoxy) is 1. The second-order valence-electron chi connectivity index (χ2n) is 5.68. The van der Waals surface area contributed by atoms with Crippen LogP contribution in [0.1, 0.15) is 31.7 Å². The Morgan fingerprint density at radius 2 is 2.26 bits per heavy atom. The van der Waals surface area contributed by atoms with Crippen LogP contribution in [0.3, 0.4) is 0 Å². The number of benzene rings is 1. The number of nitrogens with zero attached hydrogens (tertiary/aromatic N) is 1. The number of halogens is 1. The summed E-state index contributed by atoms with van der Waals surface area (Å²) in [7, 11) is 0. The summed E-state index contributed by atoms with van der Waals surface area (Å²) >= 11 is 6.11. The Balaban J connectivity index is 1.70. The third kappa shape index (κ3) is 4.70. The molecule has 1 unspecified atom stereocenters. The third-order valence-electron chi connectivity index (χ3n) is 3.70. The van der Waals surface area contributed by atoms with E-state index in [1.807, 2.05) is 18.2 Å². The van der Waals surface area contributed by atoms with Crippen molar-refractivity contribution in [2.75, 3.05) is 26.2 Å². The zero-order valence-corrected chi connectivity index (χ0v) is 12.7. The van der Waals surface area contributed by atoms with Crippen molar-refractivity contribution in [3.05, 3.63) is 28.8 Å². The van der Waals surface area contributed by atoms with Gasteiger partial charge in [-0.2, -0.15) is 0 Å². The zero-order chi connectivity index (χ0) is 13.7. The van der Waals surface area contributed by atoms with Gasteiger partial charge in [-0.1, -0.05) is 24.6 Å². The van der Waals surface area contributed by atoms with Gasteiger partial charge in [-0.05, 0) is 56.3 Å². The molecule has 1 atom stereocenters. The molecule has 2 nitrogen and oxygen atoms in total. The van der Waals surface area contributed by atoms with Gasteiger partial charge in [-0.3, -0.25) is 0 Å². The van der Waals surface area contributed by atoms with Gasteiger partial charge in [0.15, 0.2) is 0 Å². The highest BCUT2D eigenvalue weighted by atomic mass is 35.5. The molecule has 0 radical (unpaired) electrons. The topological polar surface area (TPSA) is 12.5 Å². The van der Waals surface area contributed by atoms with Gasteiger partial charge >= 0.3 is 0 Å². The molecule has 0 amide bonds. The highest BCUT2D eigenvalue weighted by molar-refractivity contribution is 6.32. The first-order chi connectivity index (χ1) is 9.15. The van der Waals surface area contributed by atoms with E-state index in [1.165, 1.54) is 31.5 Å². The Kier molecular flexibility index (Phi) is 5.53. The first-order valence-electron chi connectivity index (χ1n) is 7.26. The molecule has 1 aliphatic rings. The van der Waals surface area contributed by atoms with Crippen molar-refractivity contribution in [3.63, 3.8) is 0 Å². The molecule has 1 saturated heterocycles. The maximum Gasteiger partial charge on any atom is 0.138 e. The molecule has 1 heterocycles. The molecule has 0 N–H and O–H groups in total. The predicted octanol–water partition coefficient (Wildman–Crippen LogP) is 4.15. The summed E-state index contributed by atoms with van der Waals surface area (Å²) < 4.78 is 5.78. The van der Waals surface area contributed by atoms with Crippen LogP contribution >= 0.6 is 11.6 Å². The minimum atomic E-state index is 0.706. The van der Waals surface area contributed by atoms with E-state index in [-0.39, 0.29) is 0 Å². The standard InChI is InChI=1S/C16H24ClNO/c1-13-6-7-15(17)16(11-13)19-10-4-9-18-8-3-5-14(2)12-18/h6-7,11,14H,3-5,8-10,12H2,1-2H3. The van der Waals surface area contributed by atoms with Gasteiger partial charge in [-0.15, -0.1) is 0 Å². The Morgan fingerprint density at radius 1 is 1.42 bits per heavy atom. The molecular formula is C16H24ClNO. The van der Waals surface area contributed by atoms with E-state index >= 15 is 0 Å². The zero-order valence-electron chi connectivity index (χ0n) is 12.0. The lowest BCUT2D eigenvalue weighted by Crippen LogP contribution is -2.35. The molecule has 1 fully saturated rings. The van der Waals surface area contributed by atoms with Crippen LogP contribution < -0.4 is 4.74 Å². The molecule has 0 aliphatic carbocycles. The number of likely N-dealkylation sites (tertiary alicyclic amines) is 1. The molecule has 106 valence electrons. The largest absolute Gasteiger partial charge is 0.492 e. The summed E-state index contributed by atoms with van der Waals surface area (Å²) in [6, 6.07) is 5.91. The van der Waals surface area contributed by atoms with Gasteiger partial charge in [0.25, 0.3) is 0 Å². The van der Waals surface area contributed by atoms with Crippen LogP contribution in [0.25, 0.3) is 0 Å². The molecule has 0 aromatic heterocycles. The van der Waals surface area contributed by atoms with Gasteiger partial charge in [0.1, 0.15) is 5.75 Å². The number of hydrogen-bond acceptors (Lipinski definition) is 2. The lowest BCUT2D eigenvalue weighted by Gasteiger charge is -2.30. The first-order valence-corrected chi connectivity index (χ1v) is 7.64. The maximum absolute atomic E-state index is 6.11. The second-order valence-corrected chi connectivity index (χ2v) is 6.09. The summed E-state index contributed by atoms with van der Waals surface area (Å²) in [4.78, 5) is 2.55. The molecule has 1 aliphatic heterocycles. The van der Waals surface area contributed by atoms with Gasteiger partial charge in [-0.25, -0.2) is 0 Å². The monoisotopic (exact) mass is 281 g/mol. The molecule has 1 aromatic carbocycles. The normalized spacial score (nSPS) is 20.5. The maximum atomic E-state index is 6.11. The third-order valence-corrected chi connectivity index (χ3v) is 4.02. The average molecular weight is 282 g/mol. The predicted molar refractivity (Wildman–Crippen MR) is 81.1 cm³/mol. The fourth-order valence-corrected chi connectivity index (χ4v) is 2.85. The summed E-state index contributed by atoms with van der Waals surface area (Å²) in [5.74, 6) is 1.66. The van der Waals surface area contributed by atoms with Crippen molar-refractivity contribution >= 4 is 11.6 Å². The molecule has 0 spiro atoms. The summed E-state index contributed by atoms with van der Waals surface area (Å²) in [6.45, 7) is 8.76. The van der Waals surface area contributed by atoms with Crippen molar-refractivity contribution in [2.24, 2.45) is 5.92 Å². The van der Waals surface area contributed by atoms with Crippen LogP contribution in [0.4, 0.5) is 0 Å². The van der Waals surface area contributed by atoms with Crippen molar-refractivity contribution in [1.82, 2.24) is 4.90 Å². The highest BCUT2D eigenvalue weighted by Gasteiger charge is 2.15. The van der Waals surface area contributed by atoms with Crippen LogP contribution in [-0.4, -0.2) is 31.1 Å². The molecule has 1 aromatic rings. The quantitative estimate of drug-likeness (QED) is 0.752. The SMILES string of the molecule is Cc1ccc(Cl)c(OCCCN2CCCC(C)C2)c1. The molecule has 3 heteroatoms. The number of hydrogen-bond donors (Lipinski definition) is 0. The number of piperidine rings is 1. The summed E-state index contributed by atoms with van der Waals surface area (Å²) in [5, 5.41) is 0.706. The van der Waals surface area contributed by atoms with Crippen molar-refractivity contribution < 1.29 is 4.74 Å². The highest BCUT2D eigenvalue weighted by Crippen LogP contribution is 2.25. The van der Waals surface area contributed by atoms with E-state index in [4.69, 9.17) is 16.3 Å². The molecule has 0 bridgehead atoms. The lowest BCUT2D eigenvalue weighted by molar-refractivity contribution is 0.170. The van der Waals surface area contributed by atoms with Gasteiger partial charge in [0.2, 0.25) is 0 Å². The summed E-state index contributed by atoms with van der Waals surface area (Å²) in [6.07, 6.45) is 3.79. The smallest absolute Gasteiger partial charge is 0.138 e. The molecular weight excluding hydrogens is 258 g/mol. The molecule has 19 heavy (non-hydrogen) atoms. The fraction of sp³-hybridized carbons (Fsp3) is 0.625. The van der Waals surface area contributed by atoms with Gasteiger partial charge in [0, 0.05) is 13.1 Å². The van der Waals surface area contributed by atoms with E-state index in [0.29, 0.717) is 5.02 Å². The second kappa shape index (κ2) is 7.16. The van der Waals surface area contributed by atoms with Gasteiger partial charge < -0.3 is 9.64 Å². The number of rotatable bonds is 5. The average Bonchev–Trinajstić information content (AvgIpc) is 2.39. The van der Waals surface area contributed by atoms with Crippen LogP contribution in [-0.2, 0) is 0 Å². The van der Waals surface area contributed by atoms with Crippen molar-refractivity contribution in [1.29, 1.82) is 0 Å². The fourth-order valence-electron chi connectivity index (χ4n) is 2.68. The minimum absolute atomic E-state index is 0.706. The van der Waals surface area contributed by atoms with E-state index in [1.54, 1.807) is 0 Å². The first kappa shape index (κ1) is 14.7. The van der Waals surface area contributed by atoms with Crippen molar-refractivity contribution in [3.8, 4) is 5.75 Å². The number of aryl methyl sites for hydroxylation is 1. The van der Waals surface area contributed by atoms with Crippen LogP contribution in [0, 0.1) is 12.8 Å². The Hall–Kier alpha value is -0.730. The minimum Gasteiger partial charge on any atom is -0.492 e. The Bertz CT molecular complexity index is 408.